The summed E-state index contributed by atoms with van der Waals surface area (Å²) in [6.45, 7) is 0. The Labute approximate surface area is 160 Å². The van der Waals surface area contributed by atoms with Crippen molar-refractivity contribution in [2.24, 2.45) is 0 Å². The third-order valence-corrected chi connectivity index (χ3v) is 4.51. The van der Waals surface area contributed by atoms with Gasteiger partial charge in [0.25, 0.3) is 5.91 Å². The zero-order valence-corrected chi connectivity index (χ0v) is 15.2. The number of aliphatic hydroxyl groups is 1. The Morgan fingerprint density at radius 1 is 1.19 bits per heavy atom. The molecular formula is C17H11BrClF3N2O2. The van der Waals surface area contributed by atoms with Gasteiger partial charge in [0.2, 0.25) is 5.72 Å². The summed E-state index contributed by atoms with van der Waals surface area (Å²) in [5.74, 6) is -0.834. The molecular weight excluding hydrogens is 437 g/mol. The third kappa shape index (κ3) is 3.44. The van der Waals surface area contributed by atoms with Crippen LogP contribution in [0.15, 0.2) is 64.8 Å². The maximum Gasteiger partial charge on any atom is 0.432 e. The summed E-state index contributed by atoms with van der Waals surface area (Å²) in [6, 6.07) is 11.6. The maximum absolute atomic E-state index is 13.2. The Hall–Kier alpha value is -2.03. The van der Waals surface area contributed by atoms with Gasteiger partial charge in [-0.25, -0.2) is 5.01 Å². The molecule has 1 amide bonds. The molecule has 2 aromatic carbocycles. The van der Waals surface area contributed by atoms with Gasteiger partial charge in [0, 0.05) is 26.7 Å². The van der Waals surface area contributed by atoms with Crippen molar-refractivity contribution in [2.75, 3.05) is 0 Å². The van der Waals surface area contributed by atoms with E-state index < -0.39 is 23.5 Å². The Kier molecular flexibility index (Phi) is 4.76. The van der Waals surface area contributed by atoms with E-state index in [0.717, 1.165) is 0 Å². The summed E-state index contributed by atoms with van der Waals surface area (Å²) < 4.78 is 40.1. The van der Waals surface area contributed by atoms with E-state index in [9.17, 15) is 23.1 Å². The van der Waals surface area contributed by atoms with Crippen LogP contribution in [0.4, 0.5) is 13.2 Å². The first-order valence-corrected chi connectivity index (χ1v) is 8.43. The van der Waals surface area contributed by atoms with Crippen LogP contribution in [0.1, 0.15) is 15.9 Å². The van der Waals surface area contributed by atoms with Crippen molar-refractivity contribution < 1.29 is 23.1 Å². The lowest BCUT2D eigenvalue weighted by Crippen LogP contribution is -2.51. The quantitative estimate of drug-likeness (QED) is 0.720. The molecule has 1 atom stereocenters. The Morgan fingerprint density at radius 3 is 2.42 bits per heavy atom. The van der Waals surface area contributed by atoms with Crippen molar-refractivity contribution in [2.45, 2.75) is 11.9 Å². The van der Waals surface area contributed by atoms with Crippen molar-refractivity contribution in [3.05, 3.63) is 80.9 Å². The van der Waals surface area contributed by atoms with E-state index in [4.69, 9.17) is 11.6 Å². The highest BCUT2D eigenvalue weighted by Crippen LogP contribution is 2.38. The first-order chi connectivity index (χ1) is 12.1. The summed E-state index contributed by atoms with van der Waals surface area (Å²) >= 11 is 9.00. The van der Waals surface area contributed by atoms with E-state index in [2.05, 4.69) is 15.9 Å². The third-order valence-electron chi connectivity index (χ3n) is 3.77. The zero-order chi connectivity index (χ0) is 19.1. The first-order valence-electron chi connectivity index (χ1n) is 7.26. The largest absolute Gasteiger partial charge is 0.432 e. The van der Waals surface area contributed by atoms with Crippen molar-refractivity contribution in [1.29, 1.82) is 0 Å². The molecule has 0 radical (unpaired) electrons. The highest BCUT2D eigenvalue weighted by atomic mass is 79.9. The lowest BCUT2D eigenvalue weighted by atomic mass is 10.0. The van der Waals surface area contributed by atoms with Gasteiger partial charge in [0.05, 0.1) is 0 Å². The number of hydrogen-bond acceptors (Lipinski definition) is 3. The molecule has 2 N–H and O–H groups in total. The topological polar surface area (TPSA) is 52.6 Å². The van der Waals surface area contributed by atoms with E-state index in [-0.39, 0.29) is 11.1 Å². The standard InChI is InChI=1S/C17H11BrClF3N2O2/c18-12-3-1-2-10(8-12)15(25)24-16(26,9-14(23-24)17(20,21)22)11-4-6-13(19)7-5-11/h1-9,23,26H. The number of benzene rings is 2. The first kappa shape index (κ1) is 18.8. The monoisotopic (exact) mass is 446 g/mol. The molecule has 1 heterocycles. The lowest BCUT2D eigenvalue weighted by Gasteiger charge is -2.33. The van der Waals surface area contributed by atoms with Gasteiger partial charge in [0.1, 0.15) is 5.70 Å². The van der Waals surface area contributed by atoms with E-state index in [1.165, 1.54) is 36.4 Å². The summed E-state index contributed by atoms with van der Waals surface area (Å²) in [5, 5.41) is 11.8. The number of nitrogens with zero attached hydrogens (tertiary/aromatic N) is 1. The predicted octanol–water partition coefficient (Wildman–Crippen LogP) is 4.35. The summed E-state index contributed by atoms with van der Waals surface area (Å²) in [7, 11) is 0. The molecule has 26 heavy (non-hydrogen) atoms. The van der Waals surface area contributed by atoms with Crippen LogP contribution in [0.3, 0.4) is 0 Å². The summed E-state index contributed by atoms with van der Waals surface area (Å²) in [6.07, 6.45) is -4.21. The Bertz CT molecular complexity index is 886. The van der Waals surface area contributed by atoms with Crippen LogP contribution in [-0.4, -0.2) is 22.2 Å². The predicted molar refractivity (Wildman–Crippen MR) is 92.9 cm³/mol. The van der Waals surface area contributed by atoms with Crippen LogP contribution in [0.2, 0.25) is 5.02 Å². The van der Waals surface area contributed by atoms with E-state index >= 15 is 0 Å². The summed E-state index contributed by atoms with van der Waals surface area (Å²) in [4.78, 5) is 12.8. The second-order valence-electron chi connectivity index (χ2n) is 5.55. The number of carbonyl (C=O) groups is 1. The van der Waals surface area contributed by atoms with E-state index in [1.807, 2.05) is 5.43 Å². The van der Waals surface area contributed by atoms with E-state index in [0.29, 0.717) is 20.6 Å². The number of amides is 1. The van der Waals surface area contributed by atoms with Crippen molar-refractivity contribution >= 4 is 33.4 Å². The average Bonchev–Trinajstić information content (AvgIpc) is 2.94. The molecule has 0 aliphatic carbocycles. The molecule has 2 aromatic rings. The molecule has 0 spiro atoms. The van der Waals surface area contributed by atoms with Crippen LogP contribution in [0.5, 0.6) is 0 Å². The van der Waals surface area contributed by atoms with Crippen LogP contribution >= 0.6 is 27.5 Å². The molecule has 0 fully saturated rings. The molecule has 0 aromatic heterocycles. The number of halogens is 5. The van der Waals surface area contributed by atoms with Crippen LogP contribution in [-0.2, 0) is 5.72 Å². The van der Waals surface area contributed by atoms with Gasteiger partial charge >= 0.3 is 6.18 Å². The molecule has 0 bridgehead atoms. The molecule has 0 saturated carbocycles. The van der Waals surface area contributed by atoms with Gasteiger partial charge in [-0.2, -0.15) is 13.2 Å². The highest BCUT2D eigenvalue weighted by molar-refractivity contribution is 9.10. The van der Waals surface area contributed by atoms with Crippen LogP contribution in [0, 0.1) is 0 Å². The number of hydrazine groups is 1. The van der Waals surface area contributed by atoms with Gasteiger partial charge < -0.3 is 5.11 Å². The van der Waals surface area contributed by atoms with Gasteiger partial charge in [-0.15, -0.1) is 0 Å². The number of rotatable bonds is 2. The number of carbonyl (C=O) groups excluding carboxylic acids is 1. The highest BCUT2D eigenvalue weighted by Gasteiger charge is 2.50. The minimum Gasteiger partial charge on any atom is -0.362 e. The minimum atomic E-state index is -4.77. The van der Waals surface area contributed by atoms with Gasteiger partial charge in [-0.1, -0.05) is 45.7 Å². The fourth-order valence-electron chi connectivity index (χ4n) is 2.51. The Morgan fingerprint density at radius 2 is 1.85 bits per heavy atom. The van der Waals surface area contributed by atoms with Crippen molar-refractivity contribution in [3.63, 3.8) is 0 Å². The van der Waals surface area contributed by atoms with Crippen molar-refractivity contribution in [1.82, 2.24) is 10.4 Å². The molecule has 1 aliphatic rings. The molecule has 9 heteroatoms. The number of hydrogen-bond donors (Lipinski definition) is 2. The van der Waals surface area contributed by atoms with Gasteiger partial charge in [-0.05, 0) is 30.3 Å². The minimum absolute atomic E-state index is 0.0528. The lowest BCUT2D eigenvalue weighted by molar-refractivity contribution is -0.104. The number of allylic oxidation sites excluding steroid dienone is 1. The van der Waals surface area contributed by atoms with Gasteiger partial charge in [-0.3, -0.25) is 10.2 Å². The molecule has 136 valence electrons. The molecule has 1 aliphatic heterocycles. The molecule has 3 rings (SSSR count). The second kappa shape index (κ2) is 6.61. The van der Waals surface area contributed by atoms with E-state index in [1.54, 1.807) is 12.1 Å². The SMILES string of the molecule is O=C(c1cccc(Br)c1)N1NC(C(F)(F)F)=CC1(O)c1ccc(Cl)cc1. The second-order valence-corrected chi connectivity index (χ2v) is 6.90. The zero-order valence-electron chi connectivity index (χ0n) is 12.9. The summed E-state index contributed by atoms with van der Waals surface area (Å²) in [5.41, 5.74) is -1.46. The fraction of sp³-hybridized carbons (Fsp3) is 0.118. The smallest absolute Gasteiger partial charge is 0.362 e. The average molecular weight is 448 g/mol. The Balaban J connectivity index is 2.08. The number of alkyl halides is 3. The van der Waals surface area contributed by atoms with Crippen molar-refractivity contribution in [3.8, 4) is 0 Å². The fourth-order valence-corrected chi connectivity index (χ4v) is 3.04. The molecule has 1 unspecified atom stereocenters. The molecule has 4 nitrogen and oxygen atoms in total. The number of nitrogens with one attached hydrogen (secondary N) is 1. The molecule has 0 saturated heterocycles. The normalized spacial score (nSPS) is 19.9. The van der Waals surface area contributed by atoms with Gasteiger partial charge in [0.15, 0.2) is 0 Å². The van der Waals surface area contributed by atoms with Crippen LogP contribution < -0.4 is 5.43 Å². The van der Waals surface area contributed by atoms with Crippen LogP contribution in [0.25, 0.3) is 0 Å². The maximum atomic E-state index is 13.2.